The molecule has 118 valence electrons. The summed E-state index contributed by atoms with van der Waals surface area (Å²) in [7, 11) is 2.65. The van der Waals surface area contributed by atoms with Crippen molar-refractivity contribution in [2.75, 3.05) is 20.0 Å². The molecule has 5 nitrogen and oxygen atoms in total. The molecule has 0 bridgehead atoms. The lowest BCUT2D eigenvalue weighted by Crippen LogP contribution is -2.33. The van der Waals surface area contributed by atoms with E-state index in [9.17, 15) is 13.6 Å². The topological polar surface area (TPSA) is 70.8 Å². The Labute approximate surface area is 125 Å². The maximum Gasteiger partial charge on any atom is 0.387 e. The molecule has 8 heteroatoms. The van der Waals surface area contributed by atoms with E-state index in [4.69, 9.17) is 10.5 Å². The van der Waals surface area contributed by atoms with Crippen LogP contribution in [-0.2, 0) is 15.3 Å². The number of halogens is 2. The van der Waals surface area contributed by atoms with Gasteiger partial charge < -0.3 is 19.9 Å². The molecule has 0 aliphatic carbocycles. The molecule has 0 saturated carbocycles. The van der Waals surface area contributed by atoms with Crippen LogP contribution in [0.1, 0.15) is 5.56 Å². The molecule has 0 saturated heterocycles. The molecule has 0 heterocycles. The summed E-state index contributed by atoms with van der Waals surface area (Å²) in [5.41, 5.74) is 6.45. The summed E-state index contributed by atoms with van der Waals surface area (Å²) in [4.78, 5) is 11.1. The van der Waals surface area contributed by atoms with Crippen LogP contribution in [0.15, 0.2) is 18.2 Å². The van der Waals surface area contributed by atoms with Crippen LogP contribution in [0.3, 0.4) is 0 Å². The molecule has 0 amide bonds. The van der Waals surface area contributed by atoms with Crippen LogP contribution < -0.4 is 15.2 Å². The SMILES string of the molecule is COC(=O)C(N)CSCc1ccc(OC(F)F)c(OC)c1. The molecule has 0 fully saturated rings. The zero-order valence-corrected chi connectivity index (χ0v) is 12.5. The number of rotatable bonds is 8. The largest absolute Gasteiger partial charge is 0.493 e. The quantitative estimate of drug-likeness (QED) is 0.739. The molecule has 0 aliphatic heterocycles. The standard InChI is InChI=1S/C13H17F2NO4S/c1-18-11-5-8(3-4-10(11)20-13(14)15)6-21-7-9(16)12(17)19-2/h3-5,9,13H,6-7,16H2,1-2H3. The van der Waals surface area contributed by atoms with E-state index < -0.39 is 18.6 Å². The summed E-state index contributed by atoms with van der Waals surface area (Å²) in [6, 6.07) is 3.98. The van der Waals surface area contributed by atoms with Crippen LogP contribution in [0.4, 0.5) is 8.78 Å². The average Bonchev–Trinajstić information content (AvgIpc) is 2.47. The third-order valence-corrected chi connectivity index (χ3v) is 3.65. The van der Waals surface area contributed by atoms with Gasteiger partial charge in [-0.1, -0.05) is 6.07 Å². The molecule has 21 heavy (non-hydrogen) atoms. The van der Waals surface area contributed by atoms with Gasteiger partial charge in [0.05, 0.1) is 14.2 Å². The Morgan fingerprint density at radius 2 is 2.05 bits per heavy atom. The van der Waals surface area contributed by atoms with Gasteiger partial charge in [0.2, 0.25) is 0 Å². The molecule has 2 N–H and O–H groups in total. The van der Waals surface area contributed by atoms with Crippen LogP contribution >= 0.6 is 11.8 Å². The molecule has 1 aromatic carbocycles. The van der Waals surface area contributed by atoms with Crippen molar-refractivity contribution >= 4 is 17.7 Å². The fourth-order valence-electron chi connectivity index (χ4n) is 1.52. The van der Waals surface area contributed by atoms with Gasteiger partial charge in [-0.2, -0.15) is 20.5 Å². The molecule has 1 atom stereocenters. The summed E-state index contributed by atoms with van der Waals surface area (Å²) in [6.45, 7) is -2.91. The number of hydrogen-bond donors (Lipinski definition) is 1. The number of methoxy groups -OCH3 is 2. The number of hydrogen-bond acceptors (Lipinski definition) is 6. The Balaban J connectivity index is 2.58. The van der Waals surface area contributed by atoms with Crippen molar-refractivity contribution in [3.05, 3.63) is 23.8 Å². The van der Waals surface area contributed by atoms with Gasteiger partial charge in [-0.25, -0.2) is 0 Å². The number of benzene rings is 1. The van der Waals surface area contributed by atoms with Crippen LogP contribution in [0, 0.1) is 0 Å². The zero-order chi connectivity index (χ0) is 15.8. The maximum absolute atomic E-state index is 12.2. The Bertz CT molecular complexity index is 473. The van der Waals surface area contributed by atoms with Crippen LogP contribution in [-0.4, -0.2) is 38.6 Å². The number of carbonyl (C=O) groups excluding carboxylic acids is 1. The number of alkyl halides is 2. The zero-order valence-electron chi connectivity index (χ0n) is 11.7. The summed E-state index contributed by atoms with van der Waals surface area (Å²) in [5, 5.41) is 0. The highest BCUT2D eigenvalue weighted by Gasteiger charge is 2.14. The highest BCUT2D eigenvalue weighted by molar-refractivity contribution is 7.98. The van der Waals surface area contributed by atoms with Crippen molar-refractivity contribution in [2.45, 2.75) is 18.4 Å². The third-order valence-electron chi connectivity index (χ3n) is 2.51. The fourth-order valence-corrected chi connectivity index (χ4v) is 2.44. The van der Waals surface area contributed by atoms with E-state index in [2.05, 4.69) is 9.47 Å². The number of ether oxygens (including phenoxy) is 3. The van der Waals surface area contributed by atoms with E-state index in [1.54, 1.807) is 12.1 Å². The first-order valence-electron chi connectivity index (χ1n) is 6.00. The van der Waals surface area contributed by atoms with Crippen LogP contribution in [0.5, 0.6) is 11.5 Å². The summed E-state index contributed by atoms with van der Waals surface area (Å²) in [6.07, 6.45) is 0. The lowest BCUT2D eigenvalue weighted by Gasteiger charge is -2.12. The number of thioether (sulfide) groups is 1. The Kier molecular flexibility index (Phi) is 7.24. The van der Waals surface area contributed by atoms with E-state index in [0.29, 0.717) is 11.5 Å². The summed E-state index contributed by atoms with van der Waals surface area (Å²) < 4.78 is 38.3. The van der Waals surface area contributed by atoms with Crippen molar-refractivity contribution in [3.8, 4) is 11.5 Å². The van der Waals surface area contributed by atoms with E-state index in [1.165, 1.54) is 32.0 Å². The second-order valence-electron chi connectivity index (χ2n) is 4.01. The van der Waals surface area contributed by atoms with Crippen molar-refractivity contribution in [3.63, 3.8) is 0 Å². The minimum Gasteiger partial charge on any atom is -0.493 e. The van der Waals surface area contributed by atoms with E-state index in [1.807, 2.05) is 0 Å². The molecule has 0 aliphatic rings. The van der Waals surface area contributed by atoms with Gasteiger partial charge in [-0.05, 0) is 17.7 Å². The Hall–Kier alpha value is -1.54. The minimum atomic E-state index is -2.91. The Morgan fingerprint density at radius 1 is 1.33 bits per heavy atom. The van der Waals surface area contributed by atoms with E-state index in [0.717, 1.165) is 5.56 Å². The molecule has 1 rings (SSSR count). The fraction of sp³-hybridized carbons (Fsp3) is 0.462. The number of carbonyl (C=O) groups is 1. The van der Waals surface area contributed by atoms with Gasteiger partial charge in [-0.15, -0.1) is 0 Å². The third kappa shape index (κ3) is 5.76. The average molecular weight is 321 g/mol. The second kappa shape index (κ2) is 8.68. The molecule has 0 spiro atoms. The molecule has 1 unspecified atom stereocenters. The second-order valence-corrected chi connectivity index (χ2v) is 5.04. The van der Waals surface area contributed by atoms with Gasteiger partial charge in [0.15, 0.2) is 11.5 Å². The van der Waals surface area contributed by atoms with Gasteiger partial charge in [0.1, 0.15) is 6.04 Å². The first kappa shape index (κ1) is 17.5. The predicted octanol–water partition coefficient (Wildman–Crippen LogP) is 2.03. The van der Waals surface area contributed by atoms with E-state index in [-0.39, 0.29) is 11.5 Å². The smallest absolute Gasteiger partial charge is 0.387 e. The predicted molar refractivity (Wildman–Crippen MR) is 75.8 cm³/mol. The van der Waals surface area contributed by atoms with Crippen molar-refractivity contribution in [1.82, 2.24) is 0 Å². The number of esters is 1. The van der Waals surface area contributed by atoms with Crippen LogP contribution in [0.25, 0.3) is 0 Å². The van der Waals surface area contributed by atoms with Crippen LogP contribution in [0.2, 0.25) is 0 Å². The maximum atomic E-state index is 12.2. The first-order valence-corrected chi connectivity index (χ1v) is 7.16. The summed E-state index contributed by atoms with van der Waals surface area (Å²) in [5.74, 6) is 0.680. The van der Waals surface area contributed by atoms with Crippen molar-refractivity contribution < 1.29 is 27.8 Å². The molecule has 1 aromatic rings. The molecular weight excluding hydrogens is 304 g/mol. The normalized spacial score (nSPS) is 12.1. The lowest BCUT2D eigenvalue weighted by atomic mass is 10.2. The lowest BCUT2D eigenvalue weighted by molar-refractivity contribution is -0.141. The Morgan fingerprint density at radius 3 is 2.62 bits per heavy atom. The van der Waals surface area contributed by atoms with Crippen molar-refractivity contribution in [2.24, 2.45) is 5.73 Å². The highest BCUT2D eigenvalue weighted by atomic mass is 32.2. The minimum absolute atomic E-state index is 0.0208. The molecular formula is C13H17F2NO4S. The van der Waals surface area contributed by atoms with Gasteiger partial charge in [0, 0.05) is 11.5 Å². The van der Waals surface area contributed by atoms with Gasteiger partial charge in [0.25, 0.3) is 0 Å². The highest BCUT2D eigenvalue weighted by Crippen LogP contribution is 2.30. The monoisotopic (exact) mass is 321 g/mol. The van der Waals surface area contributed by atoms with Gasteiger partial charge >= 0.3 is 12.6 Å². The van der Waals surface area contributed by atoms with Gasteiger partial charge in [-0.3, -0.25) is 4.79 Å². The first-order chi connectivity index (χ1) is 9.97. The van der Waals surface area contributed by atoms with Crippen molar-refractivity contribution in [1.29, 1.82) is 0 Å². The summed E-state index contributed by atoms with van der Waals surface area (Å²) >= 11 is 1.43. The molecule has 0 radical (unpaired) electrons. The molecule has 0 aromatic heterocycles. The number of nitrogens with two attached hydrogens (primary N) is 1. The van der Waals surface area contributed by atoms with E-state index >= 15 is 0 Å².